The summed E-state index contributed by atoms with van der Waals surface area (Å²) in [5, 5.41) is 3.28. The van der Waals surface area contributed by atoms with Gasteiger partial charge in [-0.05, 0) is 51.5 Å². The van der Waals surface area contributed by atoms with Gasteiger partial charge in [0.2, 0.25) is 0 Å². The van der Waals surface area contributed by atoms with E-state index in [1.807, 2.05) is 25.2 Å². The van der Waals surface area contributed by atoms with Crippen LogP contribution >= 0.6 is 0 Å². The second-order valence-corrected chi connectivity index (χ2v) is 5.79. The Balaban J connectivity index is 0.000000326. The van der Waals surface area contributed by atoms with Crippen LogP contribution in [0.15, 0.2) is 24.4 Å². The van der Waals surface area contributed by atoms with E-state index in [9.17, 15) is 0 Å². The van der Waals surface area contributed by atoms with Crippen LogP contribution in [-0.2, 0) is 6.61 Å². The largest absolute Gasteiger partial charge is 0.497 e. The van der Waals surface area contributed by atoms with Crippen molar-refractivity contribution in [3.8, 4) is 11.5 Å². The molecule has 5 nitrogen and oxygen atoms in total. The summed E-state index contributed by atoms with van der Waals surface area (Å²) in [6.07, 6.45) is 1.62. The lowest BCUT2D eigenvalue weighted by Gasteiger charge is -2.17. The number of nitrogens with zero attached hydrogens (tertiary/aromatic N) is 2. The average Bonchev–Trinajstić information content (AvgIpc) is 2.83. The first-order valence-electron chi connectivity index (χ1n) is 8.58. The third-order valence-electron chi connectivity index (χ3n) is 4.35. The maximum Gasteiger partial charge on any atom is 0.131 e. The summed E-state index contributed by atoms with van der Waals surface area (Å²) in [5.41, 5.74) is 2.88. The summed E-state index contributed by atoms with van der Waals surface area (Å²) in [6, 6.07) is 11.8. The van der Waals surface area contributed by atoms with Crippen LogP contribution in [0.1, 0.15) is 36.7 Å². The molecule has 0 saturated carbocycles. The highest BCUT2D eigenvalue weighted by Crippen LogP contribution is 2.36. The van der Waals surface area contributed by atoms with E-state index in [1.54, 1.807) is 13.3 Å². The zero-order valence-corrected chi connectivity index (χ0v) is 15.7. The minimum absolute atomic E-state index is 0.0208. The van der Waals surface area contributed by atoms with Crippen molar-refractivity contribution < 1.29 is 9.47 Å². The predicted octanol–water partition coefficient (Wildman–Crippen LogP) is 2.85. The molecule has 1 aliphatic heterocycles. The maximum absolute atomic E-state index is 5.81. The molecule has 0 bridgehead atoms. The number of ether oxygens (including phenoxy) is 2. The Morgan fingerprint density at radius 2 is 2.12 bits per heavy atom. The van der Waals surface area contributed by atoms with Gasteiger partial charge in [0.05, 0.1) is 25.0 Å². The van der Waals surface area contributed by atoms with E-state index < -0.39 is 0 Å². The molecular formula is C20H27N3O2. The van der Waals surface area contributed by atoms with Crippen molar-refractivity contribution in [2.75, 3.05) is 34.3 Å². The Morgan fingerprint density at radius 3 is 2.72 bits per heavy atom. The zero-order valence-electron chi connectivity index (χ0n) is 15.7. The second kappa shape index (κ2) is 9.26. The van der Waals surface area contributed by atoms with Crippen molar-refractivity contribution in [3.63, 3.8) is 0 Å². The molecule has 5 heteroatoms. The zero-order chi connectivity index (χ0) is 18.2. The van der Waals surface area contributed by atoms with Gasteiger partial charge in [0.15, 0.2) is 0 Å². The standard InChI is InChI=1S/C15H14N2O2.C5H13N/c1-16-15-11-4-3-7-17-13(11)9-19-14-6-5-10(18-2)8-12(14)15;1-4-6(3)5-2/h5-8,15-16H,9H2,1-2H3;4-5H2,1-3H3. The van der Waals surface area contributed by atoms with Gasteiger partial charge in [0.1, 0.15) is 18.1 Å². The molecule has 1 aliphatic rings. The number of methoxy groups -OCH3 is 1. The van der Waals surface area contributed by atoms with E-state index in [1.165, 1.54) is 0 Å². The van der Waals surface area contributed by atoms with Crippen molar-refractivity contribution in [2.45, 2.75) is 26.5 Å². The molecule has 0 spiro atoms. The van der Waals surface area contributed by atoms with Crippen molar-refractivity contribution >= 4 is 0 Å². The number of rotatable bonds is 4. The summed E-state index contributed by atoms with van der Waals surface area (Å²) in [5.74, 6) is 1.64. The average molecular weight is 341 g/mol. The molecule has 0 fully saturated rings. The number of nitrogens with one attached hydrogen (secondary N) is 1. The first-order valence-corrected chi connectivity index (χ1v) is 8.58. The number of aromatic nitrogens is 1. The van der Waals surface area contributed by atoms with Crippen LogP contribution in [0.2, 0.25) is 0 Å². The molecule has 0 saturated heterocycles. The molecular weight excluding hydrogens is 314 g/mol. The van der Waals surface area contributed by atoms with Crippen LogP contribution in [0.5, 0.6) is 11.5 Å². The van der Waals surface area contributed by atoms with Gasteiger partial charge < -0.3 is 19.7 Å². The number of hydrogen-bond acceptors (Lipinski definition) is 5. The summed E-state index contributed by atoms with van der Waals surface area (Å²) < 4.78 is 11.1. The maximum atomic E-state index is 5.81. The topological polar surface area (TPSA) is 46.6 Å². The SMILES string of the molecule is CCN(C)CC.CNC1c2c#ccnc2COc2ccc(OC)cc21. The molecule has 134 valence electrons. The monoisotopic (exact) mass is 341 g/mol. The van der Waals surface area contributed by atoms with E-state index in [0.29, 0.717) is 6.61 Å². The van der Waals surface area contributed by atoms with Gasteiger partial charge in [0.25, 0.3) is 0 Å². The molecule has 1 atom stereocenters. The number of fused-ring (bicyclic) bond motifs is 2. The Morgan fingerprint density at radius 1 is 1.36 bits per heavy atom. The second-order valence-electron chi connectivity index (χ2n) is 5.79. The van der Waals surface area contributed by atoms with Crippen LogP contribution in [0.25, 0.3) is 0 Å². The lowest BCUT2D eigenvalue weighted by Crippen LogP contribution is -2.18. The fourth-order valence-electron chi connectivity index (χ4n) is 2.55. The van der Waals surface area contributed by atoms with Crippen molar-refractivity contribution in [3.05, 3.63) is 53.3 Å². The Bertz CT molecular complexity index is 672. The van der Waals surface area contributed by atoms with Crippen LogP contribution in [0.4, 0.5) is 0 Å². The highest BCUT2D eigenvalue weighted by molar-refractivity contribution is 5.47. The molecule has 0 amide bonds. The van der Waals surface area contributed by atoms with Crippen molar-refractivity contribution in [2.24, 2.45) is 0 Å². The molecule has 1 unspecified atom stereocenters. The van der Waals surface area contributed by atoms with E-state index in [-0.39, 0.29) is 6.04 Å². The van der Waals surface area contributed by atoms with Gasteiger partial charge in [-0.25, -0.2) is 4.98 Å². The lowest BCUT2D eigenvalue weighted by atomic mass is 9.98. The molecule has 1 aromatic carbocycles. The van der Waals surface area contributed by atoms with Crippen molar-refractivity contribution in [1.82, 2.24) is 15.2 Å². The van der Waals surface area contributed by atoms with Gasteiger partial charge in [-0.2, -0.15) is 0 Å². The molecule has 3 rings (SSSR count). The van der Waals surface area contributed by atoms with E-state index in [4.69, 9.17) is 9.47 Å². The van der Waals surface area contributed by atoms with E-state index >= 15 is 0 Å². The lowest BCUT2D eigenvalue weighted by molar-refractivity contribution is 0.301. The molecule has 2 heterocycles. The molecule has 0 aliphatic carbocycles. The van der Waals surface area contributed by atoms with Crippen molar-refractivity contribution in [1.29, 1.82) is 0 Å². The first-order chi connectivity index (χ1) is 12.1. The van der Waals surface area contributed by atoms with Gasteiger partial charge in [-0.15, -0.1) is 0 Å². The predicted molar refractivity (Wildman–Crippen MR) is 99.0 cm³/mol. The molecule has 1 N–H and O–H groups in total. The van der Waals surface area contributed by atoms with E-state index in [0.717, 1.165) is 41.4 Å². The summed E-state index contributed by atoms with van der Waals surface area (Å²) in [7, 11) is 5.67. The van der Waals surface area contributed by atoms with Gasteiger partial charge in [-0.1, -0.05) is 19.9 Å². The van der Waals surface area contributed by atoms with Gasteiger partial charge >= 0.3 is 0 Å². The Hall–Kier alpha value is -2.29. The number of hydrogen-bond donors (Lipinski definition) is 1. The van der Waals surface area contributed by atoms with Crippen LogP contribution < -0.4 is 14.8 Å². The summed E-state index contributed by atoms with van der Waals surface area (Å²) in [4.78, 5) is 6.57. The fraction of sp³-hybridized carbons (Fsp3) is 0.450. The minimum Gasteiger partial charge on any atom is -0.497 e. The summed E-state index contributed by atoms with van der Waals surface area (Å²) in [6.45, 7) is 7.08. The normalized spacial score (nSPS) is 14.9. The highest BCUT2D eigenvalue weighted by atomic mass is 16.5. The quantitative estimate of drug-likeness (QED) is 0.927. The van der Waals surface area contributed by atoms with Gasteiger partial charge in [0, 0.05) is 11.1 Å². The Kier molecular flexibility index (Phi) is 7.05. The van der Waals surface area contributed by atoms with E-state index in [2.05, 4.69) is 48.2 Å². The molecule has 0 radical (unpaired) electrons. The molecule has 25 heavy (non-hydrogen) atoms. The molecule has 1 aromatic heterocycles. The fourth-order valence-corrected chi connectivity index (χ4v) is 2.55. The minimum atomic E-state index is -0.0208. The van der Waals surface area contributed by atoms with Crippen LogP contribution in [-0.4, -0.2) is 44.2 Å². The molecule has 2 aromatic rings. The Labute approximate surface area is 151 Å². The third kappa shape index (κ3) is 4.62. The first kappa shape index (κ1) is 19.0. The highest BCUT2D eigenvalue weighted by Gasteiger charge is 2.24. The smallest absolute Gasteiger partial charge is 0.131 e. The van der Waals surface area contributed by atoms with Crippen LogP contribution in [0.3, 0.4) is 0 Å². The van der Waals surface area contributed by atoms with Gasteiger partial charge in [-0.3, -0.25) is 0 Å². The third-order valence-corrected chi connectivity index (χ3v) is 4.35. The number of benzene rings is 1. The van der Waals surface area contributed by atoms with Crippen LogP contribution in [0, 0.1) is 12.1 Å². The summed E-state index contributed by atoms with van der Waals surface area (Å²) >= 11 is 0.